The fourth-order valence-electron chi connectivity index (χ4n) is 1.39. The van der Waals surface area contributed by atoms with Gasteiger partial charge in [0.1, 0.15) is 6.04 Å². The highest BCUT2D eigenvalue weighted by atomic mass is 16.5. The van der Waals surface area contributed by atoms with Gasteiger partial charge in [-0.15, -0.1) is 0 Å². The number of carbonyl (C=O) groups is 3. The molecule has 0 saturated heterocycles. The Morgan fingerprint density at radius 3 is 1.95 bits per heavy atom. The largest absolute Gasteiger partial charge is 0.463 e. The average Bonchev–Trinajstić information content (AvgIpc) is 2.21. The van der Waals surface area contributed by atoms with Crippen LogP contribution in [0.25, 0.3) is 0 Å². The van der Waals surface area contributed by atoms with Crippen LogP contribution in [0.3, 0.4) is 0 Å². The van der Waals surface area contributed by atoms with Gasteiger partial charge < -0.3 is 14.8 Å². The molecule has 0 aromatic carbocycles. The van der Waals surface area contributed by atoms with Crippen LogP contribution < -0.4 is 5.32 Å². The lowest BCUT2D eigenvalue weighted by Gasteiger charge is -2.18. The number of amides is 1. The van der Waals surface area contributed by atoms with Crippen LogP contribution in [0.1, 0.15) is 47.5 Å². The number of hydrogen-bond donors (Lipinski definition) is 1. The van der Waals surface area contributed by atoms with Gasteiger partial charge in [0.2, 0.25) is 5.91 Å². The minimum atomic E-state index is -0.820. The summed E-state index contributed by atoms with van der Waals surface area (Å²) in [6, 6.07) is -0.820. The Hall–Kier alpha value is -1.59. The molecule has 0 heterocycles. The first kappa shape index (κ1) is 17.4. The molecule has 6 heteroatoms. The Balaban J connectivity index is 4.39. The summed E-state index contributed by atoms with van der Waals surface area (Å²) in [4.78, 5) is 34.2. The molecule has 0 fully saturated rings. The molecule has 1 atom stereocenters. The summed E-state index contributed by atoms with van der Waals surface area (Å²) < 4.78 is 9.98. The molecule has 0 aliphatic carbocycles. The first-order chi connectivity index (χ1) is 8.72. The van der Waals surface area contributed by atoms with E-state index in [2.05, 4.69) is 5.32 Å². The zero-order valence-electron chi connectivity index (χ0n) is 12.2. The van der Waals surface area contributed by atoms with E-state index in [1.54, 1.807) is 27.7 Å². The molecule has 110 valence electrons. The second kappa shape index (κ2) is 8.50. The van der Waals surface area contributed by atoms with Crippen molar-refractivity contribution in [3.63, 3.8) is 0 Å². The van der Waals surface area contributed by atoms with Crippen molar-refractivity contribution in [2.75, 3.05) is 0 Å². The number of ether oxygens (including phenoxy) is 2. The van der Waals surface area contributed by atoms with Gasteiger partial charge in [-0.25, -0.2) is 4.79 Å². The third-order valence-corrected chi connectivity index (χ3v) is 2.02. The van der Waals surface area contributed by atoms with Crippen LogP contribution in [0.2, 0.25) is 0 Å². The minimum Gasteiger partial charge on any atom is -0.463 e. The first-order valence-corrected chi connectivity index (χ1v) is 6.39. The van der Waals surface area contributed by atoms with Gasteiger partial charge >= 0.3 is 11.9 Å². The van der Waals surface area contributed by atoms with Crippen LogP contribution in [0, 0.1) is 0 Å². The molecule has 6 nitrogen and oxygen atoms in total. The van der Waals surface area contributed by atoms with E-state index >= 15 is 0 Å². The SMILES string of the molecule is CC(=O)NC(CCC(=O)OC(C)C)C(=O)OC(C)C. The Morgan fingerprint density at radius 1 is 1.00 bits per heavy atom. The van der Waals surface area contributed by atoms with Gasteiger partial charge in [-0.1, -0.05) is 0 Å². The van der Waals surface area contributed by atoms with Gasteiger partial charge in [0.25, 0.3) is 0 Å². The van der Waals surface area contributed by atoms with Crippen LogP contribution in [0.15, 0.2) is 0 Å². The lowest BCUT2D eigenvalue weighted by atomic mass is 10.1. The van der Waals surface area contributed by atoms with Gasteiger partial charge in [-0.3, -0.25) is 9.59 Å². The highest BCUT2D eigenvalue weighted by molar-refractivity contribution is 5.83. The van der Waals surface area contributed by atoms with Crippen LogP contribution in [0.4, 0.5) is 0 Å². The quantitative estimate of drug-likeness (QED) is 0.704. The van der Waals surface area contributed by atoms with Crippen molar-refractivity contribution < 1.29 is 23.9 Å². The number of rotatable bonds is 7. The summed E-state index contributed by atoms with van der Waals surface area (Å²) in [5, 5.41) is 2.47. The van der Waals surface area contributed by atoms with Crippen molar-refractivity contribution in [3.05, 3.63) is 0 Å². The number of esters is 2. The zero-order chi connectivity index (χ0) is 15.0. The van der Waals surface area contributed by atoms with E-state index in [4.69, 9.17) is 9.47 Å². The lowest BCUT2D eigenvalue weighted by molar-refractivity contribution is -0.152. The van der Waals surface area contributed by atoms with E-state index in [0.29, 0.717) is 0 Å². The molecule has 0 saturated carbocycles. The van der Waals surface area contributed by atoms with Gasteiger partial charge in [-0.05, 0) is 34.1 Å². The number of nitrogens with one attached hydrogen (secondary N) is 1. The molecule has 0 aromatic heterocycles. The predicted octanol–water partition coefficient (Wildman–Crippen LogP) is 1.17. The zero-order valence-corrected chi connectivity index (χ0v) is 12.2. The average molecular weight is 273 g/mol. The fraction of sp³-hybridized carbons (Fsp3) is 0.769. The molecule has 0 spiro atoms. The smallest absolute Gasteiger partial charge is 0.328 e. The van der Waals surface area contributed by atoms with Gasteiger partial charge in [0.15, 0.2) is 0 Å². The molecular weight excluding hydrogens is 250 g/mol. The second-order valence-electron chi connectivity index (χ2n) is 4.82. The monoisotopic (exact) mass is 273 g/mol. The Bertz CT molecular complexity index is 325. The van der Waals surface area contributed by atoms with Crippen molar-refractivity contribution in [2.45, 2.75) is 65.7 Å². The molecule has 19 heavy (non-hydrogen) atoms. The molecule has 0 aliphatic heterocycles. The molecule has 0 radical (unpaired) electrons. The maximum Gasteiger partial charge on any atom is 0.328 e. The van der Waals surface area contributed by atoms with Crippen LogP contribution in [-0.2, 0) is 23.9 Å². The molecule has 0 bridgehead atoms. The summed E-state index contributed by atoms with van der Waals surface area (Å²) in [5.74, 6) is -1.28. The fourth-order valence-corrected chi connectivity index (χ4v) is 1.39. The summed E-state index contributed by atoms with van der Waals surface area (Å²) in [6.07, 6.45) is -0.256. The molecule has 0 aliphatic rings. The lowest BCUT2D eigenvalue weighted by Crippen LogP contribution is -2.42. The predicted molar refractivity (Wildman–Crippen MR) is 69.3 cm³/mol. The third kappa shape index (κ3) is 9.04. The number of carbonyl (C=O) groups excluding carboxylic acids is 3. The summed E-state index contributed by atoms with van der Waals surface area (Å²) in [7, 11) is 0. The standard InChI is InChI=1S/C13H23NO5/c1-8(2)18-12(16)7-6-11(14-10(5)15)13(17)19-9(3)4/h8-9,11H,6-7H2,1-5H3,(H,14,15). The molecule has 0 rings (SSSR count). The van der Waals surface area contributed by atoms with Gasteiger partial charge in [0.05, 0.1) is 12.2 Å². The maximum absolute atomic E-state index is 11.7. The van der Waals surface area contributed by atoms with Crippen LogP contribution >= 0.6 is 0 Å². The maximum atomic E-state index is 11.7. The van der Waals surface area contributed by atoms with Gasteiger partial charge in [-0.2, -0.15) is 0 Å². The molecular formula is C13H23NO5. The van der Waals surface area contributed by atoms with Crippen molar-refractivity contribution in [1.82, 2.24) is 5.32 Å². The normalized spacial score (nSPS) is 12.2. The molecule has 0 aromatic rings. The van der Waals surface area contributed by atoms with E-state index in [-0.39, 0.29) is 31.0 Å². The van der Waals surface area contributed by atoms with Crippen LogP contribution in [0.5, 0.6) is 0 Å². The Morgan fingerprint density at radius 2 is 1.53 bits per heavy atom. The highest BCUT2D eigenvalue weighted by Gasteiger charge is 2.23. The minimum absolute atomic E-state index is 0.0519. The highest BCUT2D eigenvalue weighted by Crippen LogP contribution is 2.05. The molecule has 1 amide bonds. The summed E-state index contributed by atoms with van der Waals surface area (Å²) in [6.45, 7) is 8.24. The third-order valence-electron chi connectivity index (χ3n) is 2.02. The van der Waals surface area contributed by atoms with E-state index in [0.717, 1.165) is 0 Å². The van der Waals surface area contributed by atoms with Crippen molar-refractivity contribution in [3.8, 4) is 0 Å². The topological polar surface area (TPSA) is 81.7 Å². The Kier molecular flexibility index (Phi) is 7.79. The Labute approximate surface area is 113 Å². The molecule has 1 unspecified atom stereocenters. The van der Waals surface area contributed by atoms with Crippen molar-refractivity contribution >= 4 is 17.8 Å². The second-order valence-corrected chi connectivity index (χ2v) is 4.82. The van der Waals surface area contributed by atoms with E-state index < -0.39 is 18.0 Å². The van der Waals surface area contributed by atoms with Gasteiger partial charge in [0, 0.05) is 13.3 Å². The van der Waals surface area contributed by atoms with E-state index in [1.165, 1.54) is 6.92 Å². The van der Waals surface area contributed by atoms with Crippen molar-refractivity contribution in [1.29, 1.82) is 0 Å². The van der Waals surface area contributed by atoms with Crippen molar-refractivity contribution in [2.24, 2.45) is 0 Å². The van der Waals surface area contributed by atoms with E-state index in [9.17, 15) is 14.4 Å². The summed E-state index contributed by atoms with van der Waals surface area (Å²) in [5.41, 5.74) is 0. The van der Waals surface area contributed by atoms with E-state index in [1.807, 2.05) is 0 Å². The number of hydrogen-bond acceptors (Lipinski definition) is 5. The summed E-state index contributed by atoms with van der Waals surface area (Å²) >= 11 is 0. The van der Waals surface area contributed by atoms with Crippen LogP contribution in [-0.4, -0.2) is 36.1 Å². The first-order valence-electron chi connectivity index (χ1n) is 6.39. The molecule has 1 N–H and O–H groups in total.